The van der Waals surface area contributed by atoms with Crippen molar-refractivity contribution in [2.75, 3.05) is 58.2 Å². The number of piperidine rings is 1. The summed E-state index contributed by atoms with van der Waals surface area (Å²) in [6.07, 6.45) is 7.59. The van der Waals surface area contributed by atoms with Crippen LogP contribution in [0.15, 0.2) is 18.2 Å². The molecule has 0 spiro atoms. The monoisotopic (exact) mass is 557 g/mol. The van der Waals surface area contributed by atoms with Crippen LogP contribution in [-0.4, -0.2) is 93.3 Å². The Kier molecular flexibility index (Phi) is 12.7. The van der Waals surface area contributed by atoms with Gasteiger partial charge in [-0.2, -0.15) is 0 Å². The predicted octanol–water partition coefficient (Wildman–Crippen LogP) is 1.29. The number of hydrogen-bond acceptors (Lipinski definition) is 9. The third-order valence-corrected chi connectivity index (χ3v) is 6.24. The van der Waals surface area contributed by atoms with Gasteiger partial charge >= 0.3 is 0 Å². The first-order chi connectivity index (χ1) is 19.4. The number of carbonyl (C=O) groups is 5. The summed E-state index contributed by atoms with van der Waals surface area (Å²) in [6, 6.07) is 3.54. The van der Waals surface area contributed by atoms with Crippen molar-refractivity contribution < 1.29 is 42.9 Å². The number of anilines is 1. The fourth-order valence-electron chi connectivity index (χ4n) is 4.29. The van der Waals surface area contributed by atoms with Crippen LogP contribution in [0.4, 0.5) is 5.69 Å². The molecule has 2 N–H and O–H groups in total. The van der Waals surface area contributed by atoms with E-state index < -0.39 is 29.7 Å². The number of ether oxygens (including phenoxy) is 4. The van der Waals surface area contributed by atoms with E-state index >= 15 is 0 Å². The first-order valence-corrected chi connectivity index (χ1v) is 13.3. The van der Waals surface area contributed by atoms with Crippen LogP contribution in [0, 0.1) is 12.3 Å². The van der Waals surface area contributed by atoms with Gasteiger partial charge in [0.1, 0.15) is 12.6 Å². The Morgan fingerprint density at radius 3 is 2.27 bits per heavy atom. The summed E-state index contributed by atoms with van der Waals surface area (Å²) in [4.78, 5) is 63.1. The number of terminal acetylenes is 1. The van der Waals surface area contributed by atoms with Gasteiger partial charge in [-0.05, 0) is 31.4 Å². The molecule has 12 heteroatoms. The Hall–Kier alpha value is -3.63. The average Bonchev–Trinajstić information content (AvgIpc) is 3.18. The zero-order valence-electron chi connectivity index (χ0n) is 22.4. The number of benzene rings is 1. The molecular weight excluding hydrogens is 522 g/mol. The lowest BCUT2D eigenvalue weighted by Gasteiger charge is -2.27. The molecule has 1 aromatic carbocycles. The van der Waals surface area contributed by atoms with Gasteiger partial charge in [0.25, 0.3) is 11.8 Å². The Morgan fingerprint density at radius 1 is 0.925 bits per heavy atom. The fourth-order valence-corrected chi connectivity index (χ4v) is 4.29. The number of carbonyl (C=O) groups excluding carboxylic acids is 5. The number of unbranched alkanes of at least 4 members (excludes halogenated alkanes) is 2. The number of hydrogen-bond donors (Lipinski definition) is 2. The van der Waals surface area contributed by atoms with Gasteiger partial charge in [0.05, 0.1) is 56.5 Å². The molecule has 5 amide bonds. The smallest absolute Gasteiger partial charge is 0.264 e. The largest absolute Gasteiger partial charge is 0.379 e. The van der Waals surface area contributed by atoms with Gasteiger partial charge in [-0.3, -0.25) is 34.2 Å². The van der Waals surface area contributed by atoms with Crippen molar-refractivity contribution >= 4 is 35.2 Å². The molecule has 2 aliphatic heterocycles. The maximum absolute atomic E-state index is 13.1. The normalized spacial score (nSPS) is 16.6. The lowest BCUT2D eigenvalue weighted by molar-refractivity contribution is -0.136. The topological polar surface area (TPSA) is 150 Å². The highest BCUT2D eigenvalue weighted by molar-refractivity contribution is 6.26. The van der Waals surface area contributed by atoms with E-state index in [9.17, 15) is 24.0 Å². The van der Waals surface area contributed by atoms with Crippen molar-refractivity contribution in [3.8, 4) is 12.3 Å². The summed E-state index contributed by atoms with van der Waals surface area (Å²) >= 11 is 0. The number of nitrogens with one attached hydrogen (secondary N) is 2. The van der Waals surface area contributed by atoms with Crippen molar-refractivity contribution in [2.24, 2.45) is 0 Å². The molecule has 3 rings (SSSR count). The summed E-state index contributed by atoms with van der Waals surface area (Å²) < 4.78 is 21.4. The van der Waals surface area contributed by atoms with Gasteiger partial charge in [0, 0.05) is 19.4 Å². The van der Waals surface area contributed by atoms with Crippen molar-refractivity contribution in [1.29, 1.82) is 0 Å². The van der Waals surface area contributed by atoms with Gasteiger partial charge in [-0.1, -0.05) is 18.4 Å². The van der Waals surface area contributed by atoms with Gasteiger partial charge in [0.15, 0.2) is 0 Å². The van der Waals surface area contributed by atoms with Gasteiger partial charge in [-0.25, -0.2) is 0 Å². The molecule has 12 nitrogen and oxygen atoms in total. The van der Waals surface area contributed by atoms with Crippen LogP contribution >= 0.6 is 0 Å². The van der Waals surface area contributed by atoms with Crippen LogP contribution in [0.5, 0.6) is 0 Å². The molecule has 1 atom stereocenters. The Morgan fingerprint density at radius 2 is 1.60 bits per heavy atom. The molecule has 1 unspecified atom stereocenters. The Balaban J connectivity index is 1.29. The lowest BCUT2D eigenvalue weighted by Crippen LogP contribution is -2.54. The minimum Gasteiger partial charge on any atom is -0.379 e. The van der Waals surface area contributed by atoms with Gasteiger partial charge < -0.3 is 24.3 Å². The van der Waals surface area contributed by atoms with Crippen LogP contribution in [0.1, 0.15) is 59.2 Å². The van der Waals surface area contributed by atoms with E-state index in [1.807, 2.05) is 0 Å². The van der Waals surface area contributed by atoms with Crippen molar-refractivity contribution in [3.63, 3.8) is 0 Å². The summed E-state index contributed by atoms with van der Waals surface area (Å²) in [5.41, 5.74) is 0.398. The van der Waals surface area contributed by atoms with Crippen LogP contribution in [0.2, 0.25) is 0 Å². The van der Waals surface area contributed by atoms with E-state index in [1.54, 1.807) is 12.1 Å². The van der Waals surface area contributed by atoms with Crippen LogP contribution in [0.3, 0.4) is 0 Å². The Labute approximate surface area is 233 Å². The molecule has 216 valence electrons. The Bertz CT molecular complexity index is 1110. The average molecular weight is 558 g/mol. The molecule has 1 saturated heterocycles. The molecule has 0 bridgehead atoms. The summed E-state index contributed by atoms with van der Waals surface area (Å²) in [7, 11) is 0. The number of nitrogens with zero attached hydrogens (tertiary/aromatic N) is 1. The SMILES string of the molecule is C#CCOCCOCCOCCOCCCCCC(=O)Nc1cccc2c1C(=O)N(C1CCC(=O)NC1=O)C2=O. The van der Waals surface area contributed by atoms with Crippen molar-refractivity contribution in [3.05, 3.63) is 29.3 Å². The van der Waals surface area contributed by atoms with Crippen LogP contribution in [0.25, 0.3) is 0 Å². The molecule has 1 fully saturated rings. The molecule has 2 aliphatic rings. The molecule has 2 heterocycles. The van der Waals surface area contributed by atoms with E-state index in [1.165, 1.54) is 6.07 Å². The third-order valence-electron chi connectivity index (χ3n) is 6.24. The number of rotatable bonds is 18. The first kappa shape index (κ1) is 30.9. The van der Waals surface area contributed by atoms with Crippen LogP contribution in [-0.2, 0) is 33.3 Å². The fraction of sp³-hybridized carbons (Fsp3) is 0.536. The maximum atomic E-state index is 13.1. The quantitative estimate of drug-likeness (QED) is 0.155. The molecule has 0 aliphatic carbocycles. The highest BCUT2D eigenvalue weighted by Gasteiger charge is 2.45. The molecule has 40 heavy (non-hydrogen) atoms. The van der Waals surface area contributed by atoms with E-state index in [0.717, 1.165) is 17.7 Å². The summed E-state index contributed by atoms with van der Waals surface area (Å²) in [5, 5.41) is 4.88. The number of imide groups is 2. The van der Waals surface area contributed by atoms with Crippen LogP contribution < -0.4 is 10.6 Å². The molecule has 1 aromatic rings. The van der Waals surface area contributed by atoms with E-state index in [4.69, 9.17) is 25.4 Å². The van der Waals surface area contributed by atoms with E-state index in [2.05, 4.69) is 16.6 Å². The van der Waals surface area contributed by atoms with Gasteiger partial charge in [-0.15, -0.1) is 6.42 Å². The second-order valence-corrected chi connectivity index (χ2v) is 9.13. The number of fused-ring (bicyclic) bond motifs is 1. The third kappa shape index (κ3) is 8.96. The van der Waals surface area contributed by atoms with Crippen molar-refractivity contribution in [2.45, 2.75) is 44.6 Å². The molecule has 0 aromatic heterocycles. The second kappa shape index (κ2) is 16.5. The summed E-state index contributed by atoms with van der Waals surface area (Å²) in [5.74, 6) is -0.313. The zero-order valence-corrected chi connectivity index (χ0v) is 22.4. The molecule has 0 saturated carbocycles. The van der Waals surface area contributed by atoms with Crippen molar-refractivity contribution in [1.82, 2.24) is 10.2 Å². The maximum Gasteiger partial charge on any atom is 0.264 e. The van der Waals surface area contributed by atoms with Gasteiger partial charge in [0.2, 0.25) is 17.7 Å². The standard InChI is InChI=1S/C28H35N3O9/c1-2-12-37-14-16-39-18-19-40-17-15-38-13-5-3-4-9-23(32)29-21-8-6-7-20-25(21)28(36)31(27(20)35)22-10-11-24(33)30-26(22)34/h1,6-8,22H,3-5,9-19H2,(H,29,32)(H,30,33,34). The van der Waals surface area contributed by atoms with E-state index in [0.29, 0.717) is 52.7 Å². The van der Waals surface area contributed by atoms with E-state index in [-0.39, 0.29) is 48.6 Å². The minimum atomic E-state index is -1.06. The zero-order chi connectivity index (χ0) is 28.7. The highest BCUT2D eigenvalue weighted by atomic mass is 16.6. The minimum absolute atomic E-state index is 0.0349. The number of amides is 5. The molecular formula is C28H35N3O9. The highest BCUT2D eigenvalue weighted by Crippen LogP contribution is 2.32. The molecule has 0 radical (unpaired) electrons. The summed E-state index contributed by atoms with van der Waals surface area (Å²) in [6.45, 7) is 3.61. The first-order valence-electron chi connectivity index (χ1n) is 13.3. The predicted molar refractivity (Wildman–Crippen MR) is 142 cm³/mol. The second-order valence-electron chi connectivity index (χ2n) is 9.13. The lowest BCUT2D eigenvalue weighted by atomic mass is 10.0.